The Morgan fingerprint density at radius 1 is 1.23 bits per heavy atom. The van der Waals surface area contributed by atoms with Gasteiger partial charge in [0.05, 0.1) is 16.1 Å². The van der Waals surface area contributed by atoms with Crippen molar-refractivity contribution in [3.63, 3.8) is 0 Å². The molecule has 0 atom stereocenters. The Morgan fingerprint density at radius 2 is 1.97 bits per heavy atom. The van der Waals surface area contributed by atoms with Crippen LogP contribution in [0.5, 0.6) is 5.75 Å². The van der Waals surface area contributed by atoms with Gasteiger partial charge in [-0.25, -0.2) is 13.4 Å². The number of rotatable bonds is 5. The Kier molecular flexibility index (Phi) is 6.04. The van der Waals surface area contributed by atoms with Gasteiger partial charge in [-0.05, 0) is 43.5 Å². The number of ether oxygens (including phenoxy) is 1. The van der Waals surface area contributed by atoms with Crippen LogP contribution in [-0.2, 0) is 14.8 Å². The highest BCUT2D eigenvalue weighted by atomic mass is 35.5. The van der Waals surface area contributed by atoms with Gasteiger partial charge in [-0.1, -0.05) is 29.0 Å². The number of hydrogen-bond donors (Lipinski definition) is 1. The average molecular weight is 486 g/mol. The third-order valence-corrected chi connectivity index (χ3v) is 9.82. The van der Waals surface area contributed by atoms with Gasteiger partial charge in [-0.15, -0.1) is 11.3 Å². The number of carbonyl (C=O) groups excluding carboxylic acids is 1. The van der Waals surface area contributed by atoms with Gasteiger partial charge in [0.25, 0.3) is 10.0 Å². The van der Waals surface area contributed by atoms with Crippen LogP contribution in [0.2, 0.25) is 4.34 Å². The molecule has 3 aromatic rings. The zero-order valence-corrected chi connectivity index (χ0v) is 19.6. The number of fused-ring (bicyclic) bond motifs is 1. The predicted octanol–water partition coefficient (Wildman–Crippen LogP) is 4.37. The molecule has 0 spiro atoms. The average Bonchev–Trinajstić information content (AvgIpc) is 3.36. The van der Waals surface area contributed by atoms with Crippen LogP contribution in [0.3, 0.4) is 0 Å². The highest BCUT2D eigenvalue weighted by molar-refractivity contribution is 7.91. The summed E-state index contributed by atoms with van der Waals surface area (Å²) in [7, 11) is -1.98. The number of thiophene rings is 1. The summed E-state index contributed by atoms with van der Waals surface area (Å²) >= 11 is 8.33. The second-order valence-corrected chi connectivity index (χ2v) is 11.9. The molecule has 30 heavy (non-hydrogen) atoms. The summed E-state index contributed by atoms with van der Waals surface area (Å²) < 4.78 is 33.9. The molecule has 0 saturated carbocycles. The Bertz CT molecular complexity index is 1200. The van der Waals surface area contributed by atoms with E-state index in [2.05, 4.69) is 10.3 Å². The highest BCUT2D eigenvalue weighted by Crippen LogP contribution is 2.35. The van der Waals surface area contributed by atoms with Crippen LogP contribution >= 0.6 is 34.3 Å². The third kappa shape index (κ3) is 4.06. The lowest BCUT2D eigenvalue weighted by molar-refractivity contribution is -0.120. The molecule has 1 fully saturated rings. The summed E-state index contributed by atoms with van der Waals surface area (Å²) in [5.74, 6) is 0.264. The summed E-state index contributed by atoms with van der Waals surface area (Å²) in [6, 6.07) is 6.92. The minimum absolute atomic E-state index is 0.137. The molecule has 1 aliphatic heterocycles. The number of thiazole rings is 1. The highest BCUT2D eigenvalue weighted by Gasteiger charge is 2.33. The van der Waals surface area contributed by atoms with Crippen LogP contribution in [0, 0.1) is 12.8 Å². The number of halogens is 1. The van der Waals surface area contributed by atoms with Crippen LogP contribution < -0.4 is 10.1 Å². The van der Waals surface area contributed by atoms with E-state index in [4.69, 9.17) is 16.3 Å². The number of hydrogen-bond acceptors (Lipinski definition) is 7. The van der Waals surface area contributed by atoms with E-state index in [9.17, 15) is 13.2 Å². The minimum Gasteiger partial charge on any atom is -0.494 e. The van der Waals surface area contributed by atoms with Crippen molar-refractivity contribution in [2.24, 2.45) is 5.92 Å². The number of nitrogens with one attached hydrogen (secondary N) is 1. The van der Waals surface area contributed by atoms with Crippen molar-refractivity contribution in [1.82, 2.24) is 9.29 Å². The van der Waals surface area contributed by atoms with Crippen LogP contribution in [-0.4, -0.2) is 43.8 Å². The SMILES string of the molecule is COc1ccc(C)c2sc(NC(=O)C3CCN(S(=O)(=O)c4ccc(Cl)s4)CC3)nc12. The molecule has 2 aromatic heterocycles. The third-order valence-electron chi connectivity index (χ3n) is 5.12. The molecule has 1 amide bonds. The second-order valence-electron chi connectivity index (χ2n) is 7.01. The van der Waals surface area contributed by atoms with E-state index in [1.54, 1.807) is 13.2 Å². The van der Waals surface area contributed by atoms with E-state index in [0.717, 1.165) is 27.1 Å². The topological polar surface area (TPSA) is 88.6 Å². The van der Waals surface area contributed by atoms with Gasteiger partial charge >= 0.3 is 0 Å². The molecule has 3 heterocycles. The Balaban J connectivity index is 1.43. The molecule has 0 aliphatic carbocycles. The molecule has 0 bridgehead atoms. The van der Waals surface area contributed by atoms with Gasteiger partial charge < -0.3 is 10.1 Å². The standard InChI is InChI=1S/C19H20ClN3O4S3/c1-11-3-4-13(27-2)16-17(11)29-19(21-16)22-18(24)12-7-9-23(10-8-12)30(25,26)15-6-5-14(20)28-15/h3-6,12H,7-10H2,1-2H3,(H,21,22,24). The molecule has 0 radical (unpaired) electrons. The van der Waals surface area contributed by atoms with Gasteiger partial charge in [0, 0.05) is 19.0 Å². The van der Waals surface area contributed by atoms with E-state index < -0.39 is 10.0 Å². The number of aryl methyl sites for hydroxylation is 1. The van der Waals surface area contributed by atoms with Crippen molar-refractivity contribution in [2.45, 2.75) is 24.0 Å². The first-order chi connectivity index (χ1) is 14.3. The largest absolute Gasteiger partial charge is 0.494 e. The summed E-state index contributed by atoms with van der Waals surface area (Å²) in [5.41, 5.74) is 1.80. The monoisotopic (exact) mass is 485 g/mol. The summed E-state index contributed by atoms with van der Waals surface area (Å²) in [6.07, 6.45) is 0.912. The first-order valence-electron chi connectivity index (χ1n) is 9.30. The Labute approximate surface area is 187 Å². The van der Waals surface area contributed by atoms with Crippen LogP contribution in [0.1, 0.15) is 18.4 Å². The molecular formula is C19H20ClN3O4S3. The number of benzene rings is 1. The van der Waals surface area contributed by atoms with E-state index in [1.807, 2.05) is 19.1 Å². The number of amides is 1. The van der Waals surface area contributed by atoms with E-state index >= 15 is 0 Å². The predicted molar refractivity (Wildman–Crippen MR) is 120 cm³/mol. The maximum Gasteiger partial charge on any atom is 0.252 e. The molecule has 1 aromatic carbocycles. The van der Waals surface area contributed by atoms with Crippen molar-refractivity contribution in [1.29, 1.82) is 0 Å². The number of anilines is 1. The molecule has 160 valence electrons. The number of methoxy groups -OCH3 is 1. The lowest BCUT2D eigenvalue weighted by Gasteiger charge is -2.29. The number of sulfonamides is 1. The normalized spacial score (nSPS) is 16.1. The number of aromatic nitrogens is 1. The fraction of sp³-hybridized carbons (Fsp3) is 0.368. The first-order valence-corrected chi connectivity index (χ1v) is 12.7. The Morgan fingerprint density at radius 3 is 2.60 bits per heavy atom. The van der Waals surface area contributed by atoms with Gasteiger partial charge in [0.15, 0.2) is 5.13 Å². The second kappa shape index (κ2) is 8.43. The smallest absolute Gasteiger partial charge is 0.252 e. The number of carbonyl (C=O) groups is 1. The summed E-state index contributed by atoms with van der Waals surface area (Å²) in [5, 5.41) is 3.42. The molecular weight excluding hydrogens is 466 g/mol. The lowest BCUT2D eigenvalue weighted by atomic mass is 9.97. The van der Waals surface area contributed by atoms with E-state index in [1.165, 1.54) is 21.7 Å². The minimum atomic E-state index is -3.57. The van der Waals surface area contributed by atoms with E-state index in [0.29, 0.717) is 41.1 Å². The quantitative estimate of drug-likeness (QED) is 0.579. The fourth-order valence-electron chi connectivity index (χ4n) is 3.46. The molecule has 4 rings (SSSR count). The lowest BCUT2D eigenvalue weighted by Crippen LogP contribution is -2.41. The van der Waals surface area contributed by atoms with E-state index in [-0.39, 0.29) is 16.0 Å². The van der Waals surface area contributed by atoms with Gasteiger partial charge in [0.2, 0.25) is 5.91 Å². The zero-order valence-electron chi connectivity index (χ0n) is 16.3. The number of piperidine rings is 1. The number of nitrogens with zero attached hydrogens (tertiary/aromatic N) is 2. The van der Waals surface area contributed by atoms with Crippen LogP contribution in [0.4, 0.5) is 5.13 Å². The molecule has 11 heteroatoms. The van der Waals surface area contributed by atoms with Gasteiger partial charge in [-0.2, -0.15) is 4.31 Å². The molecule has 1 saturated heterocycles. The zero-order chi connectivity index (χ0) is 21.5. The van der Waals surface area contributed by atoms with Crippen molar-refractivity contribution in [3.05, 3.63) is 34.2 Å². The molecule has 7 nitrogen and oxygen atoms in total. The van der Waals surface area contributed by atoms with Crippen molar-refractivity contribution < 1.29 is 17.9 Å². The maximum atomic E-state index is 12.8. The molecule has 1 N–H and O–H groups in total. The summed E-state index contributed by atoms with van der Waals surface area (Å²) in [6.45, 7) is 2.58. The van der Waals surface area contributed by atoms with Crippen molar-refractivity contribution in [3.8, 4) is 5.75 Å². The Hall–Kier alpha value is -1.72. The van der Waals surface area contributed by atoms with Crippen molar-refractivity contribution >= 4 is 65.6 Å². The fourth-order valence-corrected chi connectivity index (χ4v) is 7.52. The molecule has 0 unspecified atom stereocenters. The maximum absolute atomic E-state index is 12.8. The van der Waals surface area contributed by atoms with Crippen LogP contribution in [0.15, 0.2) is 28.5 Å². The first kappa shape index (κ1) is 21.5. The summed E-state index contributed by atoms with van der Waals surface area (Å²) in [4.78, 5) is 17.3. The van der Waals surface area contributed by atoms with Gasteiger partial charge in [-0.3, -0.25) is 4.79 Å². The molecule has 1 aliphatic rings. The van der Waals surface area contributed by atoms with Crippen LogP contribution in [0.25, 0.3) is 10.2 Å². The van der Waals surface area contributed by atoms with Crippen molar-refractivity contribution in [2.75, 3.05) is 25.5 Å². The van der Waals surface area contributed by atoms with Gasteiger partial charge in [0.1, 0.15) is 15.5 Å².